The molecule has 1 N–H and O–H groups in total. The first-order valence-electron chi connectivity index (χ1n) is 5.78. The predicted molar refractivity (Wildman–Crippen MR) is 63.1 cm³/mol. The highest BCUT2D eigenvalue weighted by Crippen LogP contribution is 2.22. The van der Waals surface area contributed by atoms with Crippen LogP contribution in [-0.4, -0.2) is 30.3 Å². The van der Waals surface area contributed by atoms with Gasteiger partial charge in [-0.15, -0.1) is 6.58 Å². The van der Waals surface area contributed by atoms with Crippen molar-refractivity contribution in [2.24, 2.45) is 0 Å². The third kappa shape index (κ3) is 6.05. The van der Waals surface area contributed by atoms with E-state index in [0.717, 1.165) is 0 Å². The monoisotopic (exact) mass is 267 g/mol. The van der Waals surface area contributed by atoms with Gasteiger partial charge in [-0.1, -0.05) is 13.0 Å². The van der Waals surface area contributed by atoms with Crippen LogP contribution in [0.15, 0.2) is 12.7 Å². The third-order valence-electron chi connectivity index (χ3n) is 2.62. The summed E-state index contributed by atoms with van der Waals surface area (Å²) in [6, 6.07) is 0. The number of carbonyl (C=O) groups excluding carboxylic acids is 1. The minimum atomic E-state index is -4.85. The minimum absolute atomic E-state index is 0.176. The minimum Gasteiger partial charge on any atom is -0.370 e. The van der Waals surface area contributed by atoms with E-state index in [2.05, 4.69) is 6.58 Å². The Bertz CT molecular complexity index is 292. The number of hydrogen-bond donors (Lipinski definition) is 1. The predicted octanol–water partition coefficient (Wildman–Crippen LogP) is 2.81. The molecule has 0 radical (unpaired) electrons. The van der Waals surface area contributed by atoms with Crippen molar-refractivity contribution in [2.75, 3.05) is 6.54 Å². The molecular weight excluding hydrogens is 247 g/mol. The van der Waals surface area contributed by atoms with Gasteiger partial charge in [0.25, 0.3) is 0 Å². The van der Waals surface area contributed by atoms with Gasteiger partial charge in [0.05, 0.1) is 11.7 Å². The molecule has 0 heterocycles. The van der Waals surface area contributed by atoms with E-state index in [4.69, 9.17) is 4.74 Å². The normalized spacial score (nSPS) is 16.8. The molecule has 0 spiro atoms. The Hall–Kier alpha value is -1.04. The molecule has 3 nitrogen and oxygen atoms in total. The maximum atomic E-state index is 12.0. The molecule has 106 valence electrons. The van der Waals surface area contributed by atoms with Gasteiger partial charge in [-0.3, -0.25) is 4.79 Å². The first kappa shape index (κ1) is 17.0. The van der Waals surface area contributed by atoms with E-state index in [1.807, 2.05) is 13.8 Å². The molecule has 18 heavy (non-hydrogen) atoms. The first-order chi connectivity index (χ1) is 8.14. The molecule has 6 heteroatoms. The maximum Gasteiger partial charge on any atom is 0.471 e. The second-order valence-corrected chi connectivity index (χ2v) is 4.43. The number of carbonyl (C=O) groups is 1. The summed E-state index contributed by atoms with van der Waals surface area (Å²) in [4.78, 5) is 10.6. The zero-order valence-corrected chi connectivity index (χ0v) is 10.9. The summed E-state index contributed by atoms with van der Waals surface area (Å²) in [7, 11) is 0. The Morgan fingerprint density at radius 2 is 2.06 bits per heavy atom. The molecule has 0 saturated carbocycles. The van der Waals surface area contributed by atoms with Gasteiger partial charge in [-0.05, 0) is 26.7 Å². The number of nitrogens with one attached hydrogen (secondary N) is 1. The molecule has 0 aromatic heterocycles. The fourth-order valence-corrected chi connectivity index (χ4v) is 1.45. The fourth-order valence-electron chi connectivity index (χ4n) is 1.45. The van der Waals surface area contributed by atoms with Crippen LogP contribution in [0, 0.1) is 0 Å². The highest BCUT2D eigenvalue weighted by molar-refractivity contribution is 5.81. The molecule has 0 aliphatic carbocycles. The number of alkyl halides is 3. The lowest BCUT2D eigenvalue weighted by atomic mass is 9.98. The standard InChI is InChI=1S/C12H20F3NO2/c1-5-7-11(4,6-2)18-9(3)8-16-10(17)12(13,14)15/h5,9H,1,6-8H2,2-4H3,(H,16,17)/t9-,11+/m0/s1. The molecule has 0 aromatic rings. The molecule has 0 aliphatic rings. The largest absolute Gasteiger partial charge is 0.471 e. The van der Waals surface area contributed by atoms with Crippen LogP contribution < -0.4 is 5.32 Å². The molecule has 0 fully saturated rings. The Kier molecular flexibility index (Phi) is 6.38. The second kappa shape index (κ2) is 6.78. The smallest absolute Gasteiger partial charge is 0.370 e. The molecule has 0 saturated heterocycles. The van der Waals surface area contributed by atoms with Gasteiger partial charge in [-0.2, -0.15) is 13.2 Å². The third-order valence-corrected chi connectivity index (χ3v) is 2.62. The summed E-state index contributed by atoms with van der Waals surface area (Å²) >= 11 is 0. The Morgan fingerprint density at radius 1 is 1.50 bits per heavy atom. The highest BCUT2D eigenvalue weighted by Gasteiger charge is 2.38. The van der Waals surface area contributed by atoms with Crippen LogP contribution in [0.2, 0.25) is 0 Å². The van der Waals surface area contributed by atoms with E-state index in [1.54, 1.807) is 18.3 Å². The Morgan fingerprint density at radius 3 is 2.44 bits per heavy atom. The van der Waals surface area contributed by atoms with E-state index in [9.17, 15) is 18.0 Å². The molecule has 1 amide bonds. The van der Waals surface area contributed by atoms with Gasteiger partial charge >= 0.3 is 12.1 Å². The van der Waals surface area contributed by atoms with Crippen molar-refractivity contribution in [1.82, 2.24) is 5.32 Å². The SMILES string of the molecule is C=CC[C@@](C)(CC)O[C@@H](C)CNC(=O)C(F)(F)F. The van der Waals surface area contributed by atoms with Crippen LogP contribution in [0.1, 0.15) is 33.6 Å². The van der Waals surface area contributed by atoms with E-state index >= 15 is 0 Å². The summed E-state index contributed by atoms with van der Waals surface area (Å²) in [6.07, 6.45) is -2.35. The van der Waals surface area contributed by atoms with Crippen molar-refractivity contribution in [3.63, 3.8) is 0 Å². The molecule has 0 unspecified atom stereocenters. The fraction of sp³-hybridized carbons (Fsp3) is 0.750. The summed E-state index contributed by atoms with van der Waals surface area (Å²) in [5.74, 6) is -1.94. The van der Waals surface area contributed by atoms with Crippen molar-refractivity contribution in [2.45, 2.75) is 51.5 Å². The van der Waals surface area contributed by atoms with E-state index < -0.39 is 23.8 Å². The number of rotatable bonds is 7. The van der Waals surface area contributed by atoms with Gasteiger partial charge in [0.2, 0.25) is 0 Å². The van der Waals surface area contributed by atoms with Gasteiger partial charge in [-0.25, -0.2) is 0 Å². The van der Waals surface area contributed by atoms with Crippen LogP contribution in [-0.2, 0) is 9.53 Å². The topological polar surface area (TPSA) is 38.3 Å². The molecule has 0 aliphatic heterocycles. The number of ether oxygens (including phenoxy) is 1. The molecular formula is C12H20F3NO2. The molecule has 2 atom stereocenters. The average Bonchev–Trinajstić information content (AvgIpc) is 2.24. The van der Waals surface area contributed by atoms with Crippen LogP contribution in [0.5, 0.6) is 0 Å². The van der Waals surface area contributed by atoms with E-state index in [0.29, 0.717) is 12.8 Å². The highest BCUT2D eigenvalue weighted by atomic mass is 19.4. The number of amides is 1. The van der Waals surface area contributed by atoms with Crippen molar-refractivity contribution < 1.29 is 22.7 Å². The summed E-state index contributed by atoms with van der Waals surface area (Å²) in [5, 5.41) is 1.80. The van der Waals surface area contributed by atoms with Crippen molar-refractivity contribution in [3.8, 4) is 0 Å². The molecule has 0 bridgehead atoms. The lowest BCUT2D eigenvalue weighted by molar-refractivity contribution is -0.174. The lowest BCUT2D eigenvalue weighted by Crippen LogP contribution is -2.43. The first-order valence-corrected chi connectivity index (χ1v) is 5.78. The van der Waals surface area contributed by atoms with E-state index in [-0.39, 0.29) is 6.54 Å². The van der Waals surface area contributed by atoms with Crippen molar-refractivity contribution >= 4 is 5.91 Å². The summed E-state index contributed by atoms with van der Waals surface area (Å²) in [5.41, 5.74) is -0.468. The van der Waals surface area contributed by atoms with Crippen molar-refractivity contribution in [1.29, 1.82) is 0 Å². The zero-order valence-electron chi connectivity index (χ0n) is 10.9. The van der Waals surface area contributed by atoms with Crippen LogP contribution in [0.3, 0.4) is 0 Å². The lowest BCUT2D eigenvalue weighted by Gasteiger charge is -2.31. The maximum absolute atomic E-state index is 12.0. The zero-order chi connectivity index (χ0) is 14.4. The van der Waals surface area contributed by atoms with Crippen molar-refractivity contribution in [3.05, 3.63) is 12.7 Å². The summed E-state index contributed by atoms with van der Waals surface area (Å²) < 4.78 is 41.5. The molecule has 0 rings (SSSR count). The van der Waals surface area contributed by atoms with Crippen LogP contribution >= 0.6 is 0 Å². The summed E-state index contributed by atoms with van der Waals surface area (Å²) in [6.45, 7) is 8.83. The average molecular weight is 267 g/mol. The van der Waals surface area contributed by atoms with Gasteiger partial charge < -0.3 is 10.1 Å². The molecule has 0 aromatic carbocycles. The quantitative estimate of drug-likeness (QED) is 0.720. The van der Waals surface area contributed by atoms with Gasteiger partial charge in [0, 0.05) is 6.54 Å². The van der Waals surface area contributed by atoms with Crippen LogP contribution in [0.4, 0.5) is 13.2 Å². The van der Waals surface area contributed by atoms with Crippen LogP contribution in [0.25, 0.3) is 0 Å². The number of halogens is 3. The Labute approximate surface area is 105 Å². The number of hydrogen-bond acceptors (Lipinski definition) is 2. The van der Waals surface area contributed by atoms with Gasteiger partial charge in [0.1, 0.15) is 0 Å². The second-order valence-electron chi connectivity index (χ2n) is 4.43. The Balaban J connectivity index is 4.22. The van der Waals surface area contributed by atoms with E-state index in [1.165, 1.54) is 0 Å². The van der Waals surface area contributed by atoms with Gasteiger partial charge in [0.15, 0.2) is 0 Å².